The Bertz CT molecular complexity index is 553. The first-order chi connectivity index (χ1) is 9.85. The summed E-state index contributed by atoms with van der Waals surface area (Å²) in [6, 6.07) is 8.05. The first-order valence-electron chi connectivity index (χ1n) is 6.68. The van der Waals surface area contributed by atoms with E-state index in [0.29, 0.717) is 6.61 Å². The van der Waals surface area contributed by atoms with Crippen molar-refractivity contribution in [3.05, 3.63) is 41.7 Å². The van der Waals surface area contributed by atoms with E-state index in [1.165, 1.54) is 5.56 Å². The number of rotatable bonds is 5. The molecule has 0 radical (unpaired) electrons. The van der Waals surface area contributed by atoms with E-state index in [0.717, 1.165) is 31.1 Å². The third kappa shape index (κ3) is 2.97. The summed E-state index contributed by atoms with van der Waals surface area (Å²) in [5, 5.41) is 11.3. The molecule has 106 valence electrons. The van der Waals surface area contributed by atoms with Gasteiger partial charge in [0.2, 0.25) is 0 Å². The van der Waals surface area contributed by atoms with Crippen LogP contribution in [0.15, 0.2) is 30.5 Å². The second kappa shape index (κ2) is 6.02. The second-order valence-electron chi connectivity index (χ2n) is 4.82. The summed E-state index contributed by atoms with van der Waals surface area (Å²) in [6.07, 6.45) is 1.89. The molecule has 0 fully saturated rings. The van der Waals surface area contributed by atoms with Crippen LogP contribution in [-0.2, 0) is 24.4 Å². The minimum absolute atomic E-state index is 0.141. The number of nitrogens with one attached hydrogen (secondary N) is 1. The minimum atomic E-state index is 0.141. The van der Waals surface area contributed by atoms with Crippen LogP contribution in [0.3, 0.4) is 0 Å². The zero-order valence-corrected chi connectivity index (χ0v) is 11.5. The molecular weight excluding hydrogens is 256 g/mol. The van der Waals surface area contributed by atoms with Crippen LogP contribution in [0, 0.1) is 0 Å². The van der Waals surface area contributed by atoms with Gasteiger partial charge >= 0.3 is 0 Å². The lowest BCUT2D eigenvalue weighted by molar-refractivity contribution is 0.000980. The van der Waals surface area contributed by atoms with Crippen molar-refractivity contribution < 1.29 is 9.47 Å². The predicted molar refractivity (Wildman–Crippen MR) is 73.3 cm³/mol. The highest BCUT2D eigenvalue weighted by Crippen LogP contribution is 2.12. The molecule has 1 aliphatic heterocycles. The maximum absolute atomic E-state index is 5.75. The third-order valence-corrected chi connectivity index (χ3v) is 3.40. The number of ether oxygens (including phenoxy) is 2. The maximum Gasteiger partial charge on any atom is 0.118 e. The number of hydrogen-bond acceptors (Lipinski definition) is 5. The fourth-order valence-electron chi connectivity index (χ4n) is 2.24. The molecule has 1 unspecified atom stereocenters. The molecule has 20 heavy (non-hydrogen) atoms. The maximum atomic E-state index is 5.75. The highest BCUT2D eigenvalue weighted by molar-refractivity contribution is 5.26. The van der Waals surface area contributed by atoms with Gasteiger partial charge in [0, 0.05) is 13.1 Å². The van der Waals surface area contributed by atoms with Gasteiger partial charge in [0.05, 0.1) is 38.3 Å². The molecule has 6 heteroatoms. The average molecular weight is 274 g/mol. The van der Waals surface area contributed by atoms with Crippen molar-refractivity contribution in [3.63, 3.8) is 0 Å². The number of methoxy groups -OCH3 is 1. The van der Waals surface area contributed by atoms with Gasteiger partial charge in [-0.15, -0.1) is 5.10 Å². The molecule has 2 heterocycles. The fourth-order valence-corrected chi connectivity index (χ4v) is 2.24. The summed E-state index contributed by atoms with van der Waals surface area (Å²) in [4.78, 5) is 0. The van der Waals surface area contributed by atoms with Crippen molar-refractivity contribution >= 4 is 0 Å². The molecule has 1 aromatic carbocycles. The molecule has 3 rings (SSSR count). The minimum Gasteiger partial charge on any atom is -0.497 e. The number of hydrogen-bond donors (Lipinski definition) is 1. The normalized spacial score (nSPS) is 17.8. The molecule has 0 saturated carbocycles. The Hall–Kier alpha value is -1.92. The standard InChI is InChI=1S/C14H18N4O2/c1-19-13-4-2-11(3-5-13)6-15-8-14-9-18-12(10-20-14)7-16-17-18/h2-5,7,14-15H,6,8-10H2,1H3. The van der Waals surface area contributed by atoms with Gasteiger partial charge in [-0.25, -0.2) is 4.68 Å². The monoisotopic (exact) mass is 274 g/mol. The topological polar surface area (TPSA) is 61.2 Å². The van der Waals surface area contributed by atoms with E-state index in [4.69, 9.17) is 9.47 Å². The van der Waals surface area contributed by atoms with Crippen molar-refractivity contribution in [3.8, 4) is 5.75 Å². The molecule has 0 bridgehead atoms. The van der Waals surface area contributed by atoms with Crippen LogP contribution in [0.5, 0.6) is 5.75 Å². The first-order valence-corrected chi connectivity index (χ1v) is 6.68. The summed E-state index contributed by atoms with van der Waals surface area (Å²) in [7, 11) is 1.67. The van der Waals surface area contributed by atoms with Crippen LogP contribution in [0.25, 0.3) is 0 Å². The highest BCUT2D eigenvalue weighted by Gasteiger charge is 2.19. The Labute approximate surface area is 117 Å². The lowest BCUT2D eigenvalue weighted by Gasteiger charge is -2.23. The van der Waals surface area contributed by atoms with Crippen molar-refractivity contribution in [2.45, 2.75) is 25.8 Å². The molecule has 1 N–H and O–H groups in total. The third-order valence-electron chi connectivity index (χ3n) is 3.40. The predicted octanol–water partition coefficient (Wildman–Crippen LogP) is 0.975. The lowest BCUT2D eigenvalue weighted by Crippen LogP contribution is -2.36. The summed E-state index contributed by atoms with van der Waals surface area (Å²) in [6.45, 7) is 2.95. The van der Waals surface area contributed by atoms with Gasteiger partial charge in [-0.2, -0.15) is 0 Å². The van der Waals surface area contributed by atoms with Crippen LogP contribution in [0.2, 0.25) is 0 Å². The van der Waals surface area contributed by atoms with Gasteiger partial charge in [-0.05, 0) is 17.7 Å². The van der Waals surface area contributed by atoms with Gasteiger partial charge < -0.3 is 14.8 Å². The van der Waals surface area contributed by atoms with E-state index in [2.05, 4.69) is 27.8 Å². The van der Waals surface area contributed by atoms with Gasteiger partial charge in [-0.1, -0.05) is 17.3 Å². The summed E-state index contributed by atoms with van der Waals surface area (Å²) >= 11 is 0. The van der Waals surface area contributed by atoms with E-state index in [-0.39, 0.29) is 6.10 Å². The van der Waals surface area contributed by atoms with Crippen molar-refractivity contribution in [1.82, 2.24) is 20.3 Å². The zero-order valence-electron chi connectivity index (χ0n) is 11.5. The van der Waals surface area contributed by atoms with Gasteiger partial charge in [0.15, 0.2) is 0 Å². The molecule has 1 atom stereocenters. The fraction of sp³-hybridized carbons (Fsp3) is 0.429. The summed E-state index contributed by atoms with van der Waals surface area (Å²) < 4.78 is 12.8. The van der Waals surface area contributed by atoms with E-state index >= 15 is 0 Å². The van der Waals surface area contributed by atoms with Crippen LogP contribution in [0.1, 0.15) is 11.3 Å². The molecule has 0 aliphatic carbocycles. The second-order valence-corrected chi connectivity index (χ2v) is 4.82. The summed E-state index contributed by atoms with van der Waals surface area (Å²) in [5.41, 5.74) is 2.26. The first kappa shape index (κ1) is 13.1. The Morgan fingerprint density at radius 3 is 3.05 bits per heavy atom. The van der Waals surface area contributed by atoms with Crippen molar-refractivity contribution in [2.24, 2.45) is 0 Å². The van der Waals surface area contributed by atoms with E-state index in [1.807, 2.05) is 16.8 Å². The average Bonchev–Trinajstić information content (AvgIpc) is 2.95. The Balaban J connectivity index is 1.46. The highest BCUT2D eigenvalue weighted by atomic mass is 16.5. The quantitative estimate of drug-likeness (QED) is 0.880. The molecular formula is C14H18N4O2. The molecule has 1 aromatic heterocycles. The number of benzene rings is 1. The Morgan fingerprint density at radius 1 is 1.40 bits per heavy atom. The van der Waals surface area contributed by atoms with E-state index in [1.54, 1.807) is 13.3 Å². The van der Waals surface area contributed by atoms with E-state index in [9.17, 15) is 0 Å². The smallest absolute Gasteiger partial charge is 0.118 e. The number of aromatic nitrogens is 3. The Kier molecular flexibility index (Phi) is 3.94. The van der Waals surface area contributed by atoms with Crippen LogP contribution in [-0.4, -0.2) is 34.8 Å². The number of nitrogens with zero attached hydrogens (tertiary/aromatic N) is 3. The van der Waals surface area contributed by atoms with E-state index < -0.39 is 0 Å². The van der Waals surface area contributed by atoms with Crippen molar-refractivity contribution in [2.75, 3.05) is 13.7 Å². The van der Waals surface area contributed by atoms with Gasteiger partial charge in [0.1, 0.15) is 5.75 Å². The molecule has 0 spiro atoms. The molecule has 1 aliphatic rings. The molecule has 0 amide bonds. The summed E-state index contributed by atoms with van der Waals surface area (Å²) in [5.74, 6) is 0.878. The Morgan fingerprint density at radius 2 is 2.25 bits per heavy atom. The number of fused-ring (bicyclic) bond motifs is 1. The molecule has 6 nitrogen and oxygen atoms in total. The lowest BCUT2D eigenvalue weighted by atomic mass is 10.2. The van der Waals surface area contributed by atoms with Crippen LogP contribution in [0.4, 0.5) is 0 Å². The van der Waals surface area contributed by atoms with Crippen LogP contribution >= 0.6 is 0 Å². The van der Waals surface area contributed by atoms with Gasteiger partial charge in [0.25, 0.3) is 0 Å². The largest absolute Gasteiger partial charge is 0.497 e. The SMILES string of the molecule is COc1ccc(CNCC2Cn3nncc3CO2)cc1. The zero-order chi connectivity index (χ0) is 13.8. The molecule has 2 aromatic rings. The molecule has 0 saturated heterocycles. The van der Waals surface area contributed by atoms with Crippen molar-refractivity contribution in [1.29, 1.82) is 0 Å². The van der Waals surface area contributed by atoms with Gasteiger partial charge in [-0.3, -0.25) is 0 Å². The van der Waals surface area contributed by atoms with Crippen LogP contribution < -0.4 is 10.1 Å².